The van der Waals surface area contributed by atoms with Crippen LogP contribution in [0.5, 0.6) is 0 Å². The van der Waals surface area contributed by atoms with Gasteiger partial charge < -0.3 is 10.4 Å². The van der Waals surface area contributed by atoms with Crippen molar-refractivity contribution in [2.24, 2.45) is 5.92 Å². The average molecular weight is 300 g/mol. The maximum Gasteiger partial charge on any atom is 0.251 e. The van der Waals surface area contributed by atoms with Crippen LogP contribution in [0.15, 0.2) is 37.1 Å². The van der Waals surface area contributed by atoms with Gasteiger partial charge in [0.2, 0.25) is 0 Å². The van der Waals surface area contributed by atoms with Crippen LogP contribution in [0.1, 0.15) is 36.0 Å². The molecule has 6 nitrogen and oxygen atoms in total. The summed E-state index contributed by atoms with van der Waals surface area (Å²) in [5.74, 6) is 0.703. The summed E-state index contributed by atoms with van der Waals surface area (Å²) >= 11 is 0. The van der Waals surface area contributed by atoms with Crippen LogP contribution in [-0.4, -0.2) is 38.2 Å². The molecule has 2 N–H and O–H groups in total. The summed E-state index contributed by atoms with van der Waals surface area (Å²) in [6, 6.07) is 3.50. The molecule has 1 aliphatic rings. The Hall–Kier alpha value is -2.21. The number of amides is 1. The fourth-order valence-electron chi connectivity index (χ4n) is 2.96. The second kappa shape index (κ2) is 6.70. The molecule has 0 spiro atoms. The molecular formula is C16H20N4O2. The van der Waals surface area contributed by atoms with Crippen LogP contribution in [0.2, 0.25) is 0 Å². The van der Waals surface area contributed by atoms with Crippen molar-refractivity contribution >= 4 is 5.91 Å². The van der Waals surface area contributed by atoms with E-state index in [1.807, 2.05) is 0 Å². The third-order valence-corrected chi connectivity index (χ3v) is 4.24. The summed E-state index contributed by atoms with van der Waals surface area (Å²) in [4.78, 5) is 20.7. The van der Waals surface area contributed by atoms with E-state index in [1.165, 1.54) is 0 Å². The SMILES string of the molecule is O=C(NC1CCCCC1CO)c1ccnc(-n2ccnc2)c1. The molecule has 0 aromatic carbocycles. The Bertz CT molecular complexity index is 627. The van der Waals surface area contributed by atoms with Crippen LogP contribution in [0.3, 0.4) is 0 Å². The van der Waals surface area contributed by atoms with Crippen molar-refractivity contribution in [2.45, 2.75) is 31.7 Å². The van der Waals surface area contributed by atoms with Gasteiger partial charge in [-0.15, -0.1) is 0 Å². The van der Waals surface area contributed by atoms with Crippen LogP contribution in [-0.2, 0) is 0 Å². The molecule has 116 valence electrons. The number of aliphatic hydroxyl groups excluding tert-OH is 1. The number of nitrogens with one attached hydrogen (secondary N) is 1. The third-order valence-electron chi connectivity index (χ3n) is 4.24. The molecule has 2 atom stereocenters. The standard InChI is InChI=1S/C16H20N4O2/c21-10-13-3-1-2-4-14(13)19-16(22)12-5-6-18-15(9-12)20-8-7-17-11-20/h5-9,11,13-14,21H,1-4,10H2,(H,19,22). The Kier molecular flexibility index (Phi) is 4.48. The smallest absolute Gasteiger partial charge is 0.251 e. The van der Waals surface area contributed by atoms with Crippen molar-refractivity contribution < 1.29 is 9.90 Å². The first-order valence-corrected chi connectivity index (χ1v) is 7.64. The number of pyridine rings is 1. The Labute approximate surface area is 129 Å². The van der Waals surface area contributed by atoms with E-state index in [9.17, 15) is 9.90 Å². The second-order valence-corrected chi connectivity index (χ2v) is 5.68. The van der Waals surface area contributed by atoms with Gasteiger partial charge in [0.25, 0.3) is 5.91 Å². The predicted molar refractivity (Wildman–Crippen MR) is 81.7 cm³/mol. The maximum absolute atomic E-state index is 12.5. The lowest BCUT2D eigenvalue weighted by Crippen LogP contribution is -2.43. The van der Waals surface area contributed by atoms with Gasteiger partial charge in [0.05, 0.1) is 0 Å². The highest BCUT2D eigenvalue weighted by Crippen LogP contribution is 2.24. The minimum Gasteiger partial charge on any atom is -0.396 e. The number of rotatable bonds is 4. The van der Waals surface area contributed by atoms with Crippen LogP contribution >= 0.6 is 0 Å². The first-order chi connectivity index (χ1) is 10.8. The van der Waals surface area contributed by atoms with Gasteiger partial charge in [0.1, 0.15) is 12.1 Å². The number of aliphatic hydroxyl groups is 1. The average Bonchev–Trinajstić information content (AvgIpc) is 3.10. The molecule has 3 rings (SSSR count). The van der Waals surface area contributed by atoms with Crippen molar-refractivity contribution in [1.82, 2.24) is 19.9 Å². The predicted octanol–water partition coefficient (Wildman–Crippen LogP) is 1.55. The van der Waals surface area contributed by atoms with Crippen LogP contribution in [0.25, 0.3) is 5.82 Å². The highest BCUT2D eigenvalue weighted by molar-refractivity contribution is 5.94. The molecule has 6 heteroatoms. The number of hydrogen-bond acceptors (Lipinski definition) is 4. The molecule has 22 heavy (non-hydrogen) atoms. The Morgan fingerprint density at radius 1 is 1.36 bits per heavy atom. The molecule has 0 radical (unpaired) electrons. The van der Waals surface area contributed by atoms with Gasteiger partial charge in [-0.05, 0) is 25.0 Å². The molecule has 1 fully saturated rings. The largest absolute Gasteiger partial charge is 0.396 e. The molecule has 1 saturated carbocycles. The number of carbonyl (C=O) groups excluding carboxylic acids is 1. The number of aromatic nitrogens is 3. The molecular weight excluding hydrogens is 280 g/mol. The quantitative estimate of drug-likeness (QED) is 0.898. The van der Waals surface area contributed by atoms with E-state index in [4.69, 9.17) is 0 Å². The van der Waals surface area contributed by atoms with Gasteiger partial charge in [-0.2, -0.15) is 0 Å². The molecule has 1 aliphatic carbocycles. The number of hydrogen-bond donors (Lipinski definition) is 2. The van der Waals surface area contributed by atoms with Crippen molar-refractivity contribution in [1.29, 1.82) is 0 Å². The van der Waals surface area contributed by atoms with E-state index in [0.29, 0.717) is 11.4 Å². The molecule has 2 aromatic rings. The lowest BCUT2D eigenvalue weighted by molar-refractivity contribution is 0.0872. The summed E-state index contributed by atoms with van der Waals surface area (Å²) in [7, 11) is 0. The Morgan fingerprint density at radius 2 is 2.23 bits per heavy atom. The lowest BCUT2D eigenvalue weighted by atomic mass is 9.85. The minimum atomic E-state index is -0.117. The normalized spacial score (nSPS) is 21.5. The van der Waals surface area contributed by atoms with Crippen molar-refractivity contribution in [3.05, 3.63) is 42.6 Å². The zero-order valence-electron chi connectivity index (χ0n) is 12.4. The van der Waals surface area contributed by atoms with Gasteiger partial charge >= 0.3 is 0 Å². The highest BCUT2D eigenvalue weighted by Gasteiger charge is 2.26. The van der Waals surface area contributed by atoms with E-state index in [0.717, 1.165) is 25.7 Å². The zero-order chi connectivity index (χ0) is 15.4. The lowest BCUT2D eigenvalue weighted by Gasteiger charge is -2.30. The van der Waals surface area contributed by atoms with Crippen molar-refractivity contribution in [3.8, 4) is 5.82 Å². The molecule has 0 aliphatic heterocycles. The van der Waals surface area contributed by atoms with Crippen LogP contribution in [0, 0.1) is 5.92 Å². The van der Waals surface area contributed by atoms with Gasteiger partial charge in [-0.1, -0.05) is 12.8 Å². The van der Waals surface area contributed by atoms with Gasteiger partial charge in [0.15, 0.2) is 0 Å². The van der Waals surface area contributed by atoms with E-state index < -0.39 is 0 Å². The zero-order valence-corrected chi connectivity index (χ0v) is 12.4. The number of nitrogens with zero attached hydrogens (tertiary/aromatic N) is 3. The van der Waals surface area contributed by atoms with Gasteiger partial charge in [0, 0.05) is 42.7 Å². The van der Waals surface area contributed by atoms with Crippen molar-refractivity contribution in [3.63, 3.8) is 0 Å². The molecule has 0 saturated heterocycles. The molecule has 2 aromatic heterocycles. The first-order valence-electron chi connectivity index (χ1n) is 7.64. The van der Waals surface area contributed by atoms with Gasteiger partial charge in [-0.3, -0.25) is 9.36 Å². The summed E-state index contributed by atoms with van der Waals surface area (Å²) < 4.78 is 1.76. The number of carbonyl (C=O) groups is 1. The maximum atomic E-state index is 12.5. The topological polar surface area (TPSA) is 80.0 Å². The summed E-state index contributed by atoms with van der Waals surface area (Å²) in [6.07, 6.45) is 10.8. The monoisotopic (exact) mass is 300 g/mol. The fourth-order valence-corrected chi connectivity index (χ4v) is 2.96. The molecule has 1 amide bonds. The first kappa shape index (κ1) is 14.7. The molecule has 2 unspecified atom stereocenters. The summed E-state index contributed by atoms with van der Waals surface area (Å²) in [6.45, 7) is 0.127. The van der Waals surface area contributed by atoms with Crippen LogP contribution in [0.4, 0.5) is 0 Å². The van der Waals surface area contributed by atoms with E-state index in [-0.39, 0.29) is 24.5 Å². The third kappa shape index (κ3) is 3.17. The van der Waals surface area contributed by atoms with E-state index in [1.54, 1.807) is 41.6 Å². The molecule has 0 bridgehead atoms. The van der Waals surface area contributed by atoms with Crippen molar-refractivity contribution in [2.75, 3.05) is 6.61 Å². The summed E-state index contributed by atoms with van der Waals surface area (Å²) in [5.41, 5.74) is 0.570. The summed E-state index contributed by atoms with van der Waals surface area (Å²) in [5, 5.41) is 12.5. The second-order valence-electron chi connectivity index (χ2n) is 5.68. The van der Waals surface area contributed by atoms with Crippen LogP contribution < -0.4 is 5.32 Å². The Morgan fingerprint density at radius 3 is 3.00 bits per heavy atom. The molecule has 2 heterocycles. The number of imidazole rings is 1. The van der Waals surface area contributed by atoms with E-state index >= 15 is 0 Å². The fraction of sp³-hybridized carbons (Fsp3) is 0.438. The van der Waals surface area contributed by atoms with Gasteiger partial charge in [-0.25, -0.2) is 9.97 Å². The Balaban J connectivity index is 1.73. The van der Waals surface area contributed by atoms with E-state index in [2.05, 4.69) is 15.3 Å². The highest BCUT2D eigenvalue weighted by atomic mass is 16.3. The minimum absolute atomic E-state index is 0.0520.